The van der Waals surface area contributed by atoms with Crippen LogP contribution < -0.4 is 0 Å². The SMILES string of the molecule is CO[Si](C)(CCCN(CCCN(C)C)CCCN1C=CN(CCCN(CCCN(C)C)CCC[Si](C)(OC)OC)C1)OC. The van der Waals surface area contributed by atoms with Gasteiger partial charge in [0, 0.05) is 53.9 Å². The fourth-order valence-corrected chi connectivity index (χ4v) is 8.27. The van der Waals surface area contributed by atoms with E-state index in [4.69, 9.17) is 17.7 Å². The maximum atomic E-state index is 5.70. The molecule has 0 N–H and O–H groups in total. The van der Waals surface area contributed by atoms with Crippen molar-refractivity contribution in [2.24, 2.45) is 0 Å². The first-order valence-electron chi connectivity index (χ1n) is 16.6. The van der Waals surface area contributed by atoms with Gasteiger partial charge in [0.25, 0.3) is 0 Å². The Hall–Kier alpha value is -0.546. The Morgan fingerprint density at radius 3 is 1.16 bits per heavy atom. The fourth-order valence-electron chi connectivity index (χ4n) is 5.52. The molecule has 0 saturated carbocycles. The third-order valence-corrected chi connectivity index (χ3v) is 14.8. The van der Waals surface area contributed by atoms with Crippen molar-refractivity contribution in [3.05, 3.63) is 12.4 Å². The summed E-state index contributed by atoms with van der Waals surface area (Å²) in [6.45, 7) is 16.7. The lowest BCUT2D eigenvalue weighted by molar-refractivity contribution is 0.207. The highest BCUT2D eigenvalue weighted by Crippen LogP contribution is 2.16. The molecule has 1 rings (SSSR count). The molecular weight excluding hydrogens is 577 g/mol. The normalized spacial score (nSPS) is 14.6. The first-order valence-corrected chi connectivity index (χ1v) is 21.6. The predicted octanol–water partition coefficient (Wildman–Crippen LogP) is 3.83. The molecule has 0 aromatic rings. The zero-order valence-electron chi connectivity index (χ0n) is 29.9. The van der Waals surface area contributed by atoms with E-state index in [1.165, 1.54) is 25.7 Å². The van der Waals surface area contributed by atoms with Crippen LogP contribution in [0.15, 0.2) is 12.4 Å². The van der Waals surface area contributed by atoms with Gasteiger partial charge in [0.1, 0.15) is 0 Å². The van der Waals surface area contributed by atoms with Gasteiger partial charge in [-0.3, -0.25) is 0 Å². The van der Waals surface area contributed by atoms with Crippen molar-refractivity contribution in [2.75, 3.05) is 129 Å². The van der Waals surface area contributed by atoms with Gasteiger partial charge in [-0.25, -0.2) is 0 Å². The molecular formula is C31H70N6O4Si2. The average Bonchev–Trinajstić information content (AvgIpc) is 3.43. The molecule has 12 heteroatoms. The molecule has 1 aliphatic heterocycles. The molecule has 0 unspecified atom stereocenters. The van der Waals surface area contributed by atoms with E-state index in [0.29, 0.717) is 0 Å². The Morgan fingerprint density at radius 2 is 0.837 bits per heavy atom. The fraction of sp³-hybridized carbons (Fsp3) is 0.935. The third-order valence-electron chi connectivity index (χ3n) is 8.79. The lowest BCUT2D eigenvalue weighted by Gasteiger charge is -2.28. The summed E-state index contributed by atoms with van der Waals surface area (Å²) in [4.78, 5) is 14.8. The topological polar surface area (TPSA) is 56.4 Å². The van der Waals surface area contributed by atoms with Gasteiger partial charge in [-0.15, -0.1) is 0 Å². The zero-order chi connectivity index (χ0) is 32.1. The number of hydrogen-bond donors (Lipinski definition) is 0. The first-order chi connectivity index (χ1) is 20.5. The van der Waals surface area contributed by atoms with E-state index >= 15 is 0 Å². The van der Waals surface area contributed by atoms with Crippen molar-refractivity contribution in [1.82, 2.24) is 29.4 Å². The van der Waals surface area contributed by atoms with Crippen LogP contribution in [0.2, 0.25) is 25.2 Å². The van der Waals surface area contributed by atoms with Gasteiger partial charge in [-0.1, -0.05) is 0 Å². The Kier molecular flexibility index (Phi) is 21.5. The molecule has 0 radical (unpaired) electrons. The summed E-state index contributed by atoms with van der Waals surface area (Å²) < 4.78 is 22.8. The number of nitrogens with zero attached hydrogens (tertiary/aromatic N) is 6. The zero-order valence-corrected chi connectivity index (χ0v) is 31.9. The summed E-state index contributed by atoms with van der Waals surface area (Å²) >= 11 is 0. The quantitative estimate of drug-likeness (QED) is 0.117. The van der Waals surface area contributed by atoms with Crippen LogP contribution in [0, 0.1) is 0 Å². The predicted molar refractivity (Wildman–Crippen MR) is 186 cm³/mol. The van der Waals surface area contributed by atoms with Crippen LogP contribution in [0.5, 0.6) is 0 Å². The van der Waals surface area contributed by atoms with Crippen molar-refractivity contribution in [2.45, 2.75) is 63.7 Å². The van der Waals surface area contributed by atoms with Crippen LogP contribution in [-0.4, -0.2) is 175 Å². The van der Waals surface area contributed by atoms with Crippen LogP contribution >= 0.6 is 0 Å². The average molecular weight is 647 g/mol. The minimum absolute atomic E-state index is 1.01. The van der Waals surface area contributed by atoms with Gasteiger partial charge in [0.15, 0.2) is 0 Å². The molecule has 256 valence electrons. The smallest absolute Gasteiger partial charge is 0.334 e. The third kappa shape index (κ3) is 18.9. The van der Waals surface area contributed by atoms with Crippen LogP contribution in [0.4, 0.5) is 0 Å². The molecule has 0 amide bonds. The molecule has 0 atom stereocenters. The van der Waals surface area contributed by atoms with E-state index in [9.17, 15) is 0 Å². The van der Waals surface area contributed by atoms with Gasteiger partial charge < -0.3 is 47.1 Å². The molecule has 0 fully saturated rings. The second-order valence-corrected chi connectivity index (χ2v) is 20.2. The molecule has 1 heterocycles. The van der Waals surface area contributed by atoms with Gasteiger partial charge in [0.05, 0.1) is 6.67 Å². The largest absolute Gasteiger partial charge is 0.398 e. The van der Waals surface area contributed by atoms with E-state index in [0.717, 1.165) is 97.0 Å². The highest BCUT2D eigenvalue weighted by atomic mass is 28.4. The molecule has 0 saturated heterocycles. The minimum Gasteiger partial charge on any atom is -0.398 e. The molecule has 43 heavy (non-hydrogen) atoms. The van der Waals surface area contributed by atoms with Crippen molar-refractivity contribution in [3.63, 3.8) is 0 Å². The van der Waals surface area contributed by atoms with E-state index in [1.54, 1.807) is 28.4 Å². The summed E-state index contributed by atoms with van der Waals surface area (Å²) in [6, 6.07) is 2.09. The molecule has 0 aromatic heterocycles. The Labute approximate surface area is 268 Å². The summed E-state index contributed by atoms with van der Waals surface area (Å²) in [5, 5.41) is 0. The van der Waals surface area contributed by atoms with E-state index in [1.807, 2.05) is 0 Å². The highest BCUT2D eigenvalue weighted by Gasteiger charge is 2.29. The molecule has 10 nitrogen and oxygen atoms in total. The highest BCUT2D eigenvalue weighted by molar-refractivity contribution is 6.66. The first kappa shape index (κ1) is 40.5. The van der Waals surface area contributed by atoms with Gasteiger partial charge in [0.2, 0.25) is 0 Å². The van der Waals surface area contributed by atoms with E-state index in [2.05, 4.69) is 83.1 Å². The Balaban J connectivity index is 2.43. The van der Waals surface area contributed by atoms with E-state index in [-0.39, 0.29) is 0 Å². The van der Waals surface area contributed by atoms with Gasteiger partial charge in [-0.2, -0.15) is 0 Å². The summed E-state index contributed by atoms with van der Waals surface area (Å²) in [5.41, 5.74) is 0. The number of rotatable bonds is 28. The Morgan fingerprint density at radius 1 is 0.512 bits per heavy atom. The monoisotopic (exact) mass is 646 g/mol. The standard InChI is InChI=1S/C31H70N6O4Si2/c1-32(2)17-11-19-34(25-15-29-42(9,38-5)39-6)21-13-23-36-27-28-37(31-36)24-14-22-35(20-12-18-33(3)4)26-16-30-43(10,40-7)41-8/h27-28H,11-26,29-31H2,1-10H3. The maximum Gasteiger partial charge on any atom is 0.334 e. The Bertz CT molecular complexity index is 658. The lowest BCUT2D eigenvalue weighted by atomic mass is 10.3. The molecule has 0 spiro atoms. The molecule has 1 aliphatic rings. The van der Waals surface area contributed by atoms with E-state index < -0.39 is 17.1 Å². The van der Waals surface area contributed by atoms with Crippen molar-refractivity contribution < 1.29 is 17.7 Å². The second-order valence-electron chi connectivity index (χ2n) is 13.1. The van der Waals surface area contributed by atoms with Crippen molar-refractivity contribution in [1.29, 1.82) is 0 Å². The van der Waals surface area contributed by atoms with Gasteiger partial charge in [-0.05, 0) is 144 Å². The lowest BCUT2D eigenvalue weighted by Crippen LogP contribution is -2.38. The number of hydrogen-bond acceptors (Lipinski definition) is 10. The van der Waals surface area contributed by atoms with Crippen LogP contribution in [0.25, 0.3) is 0 Å². The summed E-state index contributed by atoms with van der Waals surface area (Å²) in [5.74, 6) is 0. The molecule has 0 aliphatic carbocycles. The summed E-state index contributed by atoms with van der Waals surface area (Å²) in [6.07, 6.45) is 11.6. The van der Waals surface area contributed by atoms with Crippen LogP contribution in [0.3, 0.4) is 0 Å². The molecule has 0 bridgehead atoms. The minimum atomic E-state index is -1.99. The maximum absolute atomic E-state index is 5.70. The summed E-state index contributed by atoms with van der Waals surface area (Å²) in [7, 11) is 11.8. The van der Waals surface area contributed by atoms with Crippen molar-refractivity contribution in [3.8, 4) is 0 Å². The second kappa shape index (κ2) is 22.9. The van der Waals surface area contributed by atoms with Gasteiger partial charge >= 0.3 is 17.1 Å². The van der Waals surface area contributed by atoms with Crippen molar-refractivity contribution >= 4 is 17.1 Å². The molecule has 0 aromatic carbocycles. The van der Waals surface area contributed by atoms with Crippen LogP contribution in [0.1, 0.15) is 38.5 Å². The van der Waals surface area contributed by atoms with Crippen LogP contribution in [-0.2, 0) is 17.7 Å².